The summed E-state index contributed by atoms with van der Waals surface area (Å²) in [5.41, 5.74) is 9.90. The fourth-order valence-electron chi connectivity index (χ4n) is 10.3. The smallest absolute Gasteiger partial charge is 0.351 e. The largest absolute Gasteiger partial charge is 0.471 e. The molecule has 73 heavy (non-hydrogen) atoms. The van der Waals surface area contributed by atoms with E-state index in [9.17, 15) is 41.9 Å². The van der Waals surface area contributed by atoms with Crippen molar-refractivity contribution >= 4 is 82.0 Å². The fraction of sp³-hybridized carbons (Fsp3) is 0.396. The number of likely N-dealkylation sites (tertiary alicyclic amines) is 2. The maximum absolute atomic E-state index is 12.8. The highest BCUT2D eigenvalue weighted by Crippen LogP contribution is 2.43. The van der Waals surface area contributed by atoms with Crippen molar-refractivity contribution in [3.05, 3.63) is 127 Å². The molecule has 0 aliphatic carbocycles. The van der Waals surface area contributed by atoms with Crippen molar-refractivity contribution in [2.45, 2.75) is 70.4 Å². The average Bonchev–Trinajstić information content (AvgIpc) is 4.11. The van der Waals surface area contributed by atoms with E-state index in [2.05, 4.69) is 61.7 Å². The van der Waals surface area contributed by atoms with Crippen LogP contribution >= 0.6 is 22.7 Å². The predicted octanol–water partition coefficient (Wildman–Crippen LogP) is 7.44. The molecule has 7 amide bonds. The summed E-state index contributed by atoms with van der Waals surface area (Å²) in [7, 11) is 0. The van der Waals surface area contributed by atoms with Crippen LogP contribution in [-0.4, -0.2) is 124 Å². The number of nitrogens with one attached hydrogen (secondary N) is 2. The van der Waals surface area contributed by atoms with Gasteiger partial charge in [-0.05, 0) is 121 Å². The summed E-state index contributed by atoms with van der Waals surface area (Å²) < 4.78 is 38.4. The Bertz CT molecular complexity index is 2880. The van der Waals surface area contributed by atoms with E-state index in [1.165, 1.54) is 27.0 Å². The zero-order valence-corrected chi connectivity index (χ0v) is 41.8. The van der Waals surface area contributed by atoms with Gasteiger partial charge in [-0.1, -0.05) is 35.4 Å². The first kappa shape index (κ1) is 51.0. The Morgan fingerprint density at radius 2 is 1.10 bits per heavy atom. The number of carbonyl (C=O) groups excluding carboxylic acids is 6. The number of hydrogen-bond acceptors (Lipinski definition) is 10. The number of piperidine rings is 2. The number of fused-ring (bicyclic) bond motifs is 2. The minimum Gasteiger partial charge on any atom is -0.351 e. The lowest BCUT2D eigenvalue weighted by atomic mass is 9.71. The molecule has 10 heterocycles. The fourth-order valence-corrected chi connectivity index (χ4v) is 11.9. The number of alkyl halides is 3. The number of aromatic nitrogens is 2. The third-order valence-corrected chi connectivity index (χ3v) is 16.5. The number of hydrogen-bond donors (Lipinski definition) is 3. The Hall–Kier alpha value is -6.93. The molecule has 0 bridgehead atoms. The zero-order valence-electron chi connectivity index (χ0n) is 40.1. The molecule has 4 aromatic heterocycles. The molecule has 6 aliphatic rings. The number of rotatable bonds is 8. The zero-order chi connectivity index (χ0) is 51.3. The van der Waals surface area contributed by atoms with Crippen LogP contribution in [0, 0.1) is 10.8 Å². The van der Waals surface area contributed by atoms with Gasteiger partial charge >= 0.3 is 18.1 Å². The highest BCUT2D eigenvalue weighted by molar-refractivity contribution is 7.10. The number of carbonyl (C=O) groups is 6. The van der Waals surface area contributed by atoms with E-state index < -0.39 is 28.9 Å². The van der Waals surface area contributed by atoms with Crippen LogP contribution in [-0.2, 0) is 49.7 Å². The molecule has 2 spiro atoms. The first-order valence-electron chi connectivity index (χ1n) is 24.4. The molecule has 15 nitrogen and oxygen atoms in total. The van der Waals surface area contributed by atoms with E-state index in [0.717, 1.165) is 53.8 Å². The van der Waals surface area contributed by atoms with Crippen LogP contribution in [0.15, 0.2) is 95.0 Å². The third-order valence-electron chi connectivity index (χ3n) is 14.8. The van der Waals surface area contributed by atoms with Gasteiger partial charge in [-0.2, -0.15) is 13.2 Å². The van der Waals surface area contributed by atoms with Gasteiger partial charge in [-0.15, -0.1) is 22.7 Å². The van der Waals surface area contributed by atoms with Gasteiger partial charge in [0, 0.05) is 99.5 Å². The molecule has 0 unspecified atom stereocenters. The summed E-state index contributed by atoms with van der Waals surface area (Å²) in [5.74, 6) is -1.33. The van der Waals surface area contributed by atoms with Crippen molar-refractivity contribution in [1.29, 1.82) is 0 Å². The maximum Gasteiger partial charge on any atom is 0.471 e. The van der Waals surface area contributed by atoms with E-state index in [-0.39, 0.29) is 49.6 Å². The molecule has 0 aromatic carbocycles. The average molecular weight is 1040 g/mol. The van der Waals surface area contributed by atoms with Crippen LogP contribution in [0.2, 0.25) is 0 Å². The first-order chi connectivity index (χ1) is 35.0. The van der Waals surface area contributed by atoms with Crippen molar-refractivity contribution in [2.75, 3.05) is 63.0 Å². The molecule has 10 rings (SSSR count). The Kier molecular flexibility index (Phi) is 15.1. The lowest BCUT2D eigenvalue weighted by Gasteiger charge is -2.43. The van der Waals surface area contributed by atoms with Crippen LogP contribution in [0.5, 0.6) is 0 Å². The number of urea groups is 1. The number of nitrogens with zero attached hydrogens (tertiary/aromatic N) is 6. The van der Waals surface area contributed by atoms with E-state index in [4.69, 9.17) is 5.73 Å². The molecule has 0 saturated carbocycles. The Balaban J connectivity index is 0.000000180. The molecule has 0 radical (unpaired) electrons. The second-order valence-electron chi connectivity index (χ2n) is 19.5. The molecular formula is C53H56F3N9O6S2. The van der Waals surface area contributed by atoms with Crippen molar-refractivity contribution in [3.8, 4) is 0 Å². The molecule has 0 atom stereocenters. The Morgan fingerprint density at radius 1 is 0.658 bits per heavy atom. The van der Waals surface area contributed by atoms with E-state index in [1.807, 2.05) is 23.1 Å². The lowest BCUT2D eigenvalue weighted by Crippen LogP contribution is -2.53. The van der Waals surface area contributed by atoms with Gasteiger partial charge in [-0.25, -0.2) is 14.8 Å². The molecule has 20 heteroatoms. The Morgan fingerprint density at radius 3 is 1.47 bits per heavy atom. The van der Waals surface area contributed by atoms with Crippen molar-refractivity contribution < 1.29 is 41.9 Å². The highest BCUT2D eigenvalue weighted by Gasteiger charge is 2.50. The number of halogens is 3. The summed E-state index contributed by atoms with van der Waals surface area (Å²) in [5, 5.41) is 9.87. The molecule has 382 valence electrons. The summed E-state index contributed by atoms with van der Waals surface area (Å²) in [4.78, 5) is 91.6. The minimum atomic E-state index is -4.93. The number of anilines is 2. The number of amides is 7. The summed E-state index contributed by atoms with van der Waals surface area (Å²) in [6.45, 7) is 3.24. The minimum absolute atomic E-state index is 0.0160. The first-order valence-corrected chi connectivity index (χ1v) is 26.2. The van der Waals surface area contributed by atoms with Crippen LogP contribution in [0.4, 0.5) is 29.6 Å². The predicted molar refractivity (Wildman–Crippen MR) is 273 cm³/mol. The van der Waals surface area contributed by atoms with Gasteiger partial charge in [-0.3, -0.25) is 24.0 Å². The molecule has 6 aliphatic heterocycles. The van der Waals surface area contributed by atoms with Gasteiger partial charge in [0.25, 0.3) is 0 Å². The van der Waals surface area contributed by atoms with Gasteiger partial charge in [0.05, 0.1) is 10.8 Å². The van der Waals surface area contributed by atoms with E-state index in [1.54, 1.807) is 63.1 Å². The maximum atomic E-state index is 12.8. The number of primary amides is 1. The van der Waals surface area contributed by atoms with Gasteiger partial charge in [0.15, 0.2) is 0 Å². The SMILES string of the molecule is NC(=O)N1CCC2(CC1)Cc1cc(/C=C/C(=O)N3CC=C(Cc4cccs4)CC3)cnc1NC2=O.O=C(/C=C/c1cnc2c(c1)CC1(CCN(C(=O)C(F)(F)F)CC1)C(=O)N2)N1CC=C(Cc2cccs2)CC1. The van der Waals surface area contributed by atoms with E-state index >= 15 is 0 Å². The topological polar surface area (TPSA) is 191 Å². The van der Waals surface area contributed by atoms with Crippen LogP contribution in [0.3, 0.4) is 0 Å². The molecule has 2 fully saturated rings. The normalized spacial score (nSPS) is 19.4. The van der Waals surface area contributed by atoms with Crippen molar-refractivity contribution in [3.63, 3.8) is 0 Å². The highest BCUT2D eigenvalue weighted by atomic mass is 32.1. The molecular weight excluding hydrogens is 980 g/mol. The summed E-state index contributed by atoms with van der Waals surface area (Å²) in [6, 6.07) is 11.8. The standard InChI is InChI=1S/C27H27F3N4O3S.C26H29N5O3S/c28-27(29,30)25(37)34-11-7-26(8-12-34)16-20-14-19(17-31-23(20)32-24(26)36)3-4-22(35)33-9-5-18(6-10-33)15-21-2-1-13-38-21;27-25(34)31-11-7-26(8-12-31)16-20-14-19(17-28-23(20)29-24(26)33)3-4-22(32)30-9-5-18(6-10-30)15-21-2-1-13-35-21/h1-5,13-14,17H,6-12,15-16H2,(H,31,32,36);1-5,13-14,17H,6-12,15-16H2,(H2,27,34)(H,28,29,33)/b2*4-3+. The van der Waals surface area contributed by atoms with Crippen LogP contribution in [0.1, 0.15) is 70.5 Å². The van der Waals surface area contributed by atoms with Crippen molar-refractivity contribution in [2.24, 2.45) is 16.6 Å². The molecule has 2 saturated heterocycles. The third kappa shape index (κ3) is 12.0. The number of pyridine rings is 2. The molecule has 4 aromatic rings. The Labute approximate surface area is 428 Å². The van der Waals surface area contributed by atoms with Crippen molar-refractivity contribution in [1.82, 2.24) is 29.6 Å². The summed E-state index contributed by atoms with van der Waals surface area (Å²) >= 11 is 3.50. The van der Waals surface area contributed by atoms with Crippen LogP contribution < -0.4 is 16.4 Å². The second kappa shape index (κ2) is 21.7. The van der Waals surface area contributed by atoms with Gasteiger partial charge < -0.3 is 36.0 Å². The lowest BCUT2D eigenvalue weighted by molar-refractivity contribution is -0.187. The summed E-state index contributed by atoms with van der Waals surface area (Å²) in [6.07, 6.45) is 15.1. The number of thiophene rings is 2. The monoisotopic (exact) mass is 1040 g/mol. The number of nitrogens with two attached hydrogens (primary N) is 1. The molecule has 4 N–H and O–H groups in total. The van der Waals surface area contributed by atoms with Gasteiger partial charge in [0.1, 0.15) is 11.6 Å². The quantitative estimate of drug-likeness (QED) is 0.120. The van der Waals surface area contributed by atoms with Crippen LogP contribution in [0.25, 0.3) is 12.2 Å². The van der Waals surface area contributed by atoms with Gasteiger partial charge in [0.2, 0.25) is 23.6 Å². The second-order valence-corrected chi connectivity index (χ2v) is 21.5. The van der Waals surface area contributed by atoms with E-state index in [0.29, 0.717) is 75.6 Å².